The zero-order valence-electron chi connectivity index (χ0n) is 8.86. The molecule has 15 heavy (non-hydrogen) atoms. The average Bonchev–Trinajstić information content (AvgIpc) is 2.67. The van der Waals surface area contributed by atoms with Gasteiger partial charge in [0.25, 0.3) is 11.8 Å². The number of hydrogen-bond donors (Lipinski definition) is 1. The average molecular weight is 212 g/mol. The molecule has 5 nitrogen and oxygen atoms in total. The molecule has 2 unspecified atom stereocenters. The number of carbonyl (C=O) groups is 2. The Kier molecular flexibility index (Phi) is 3.02. The van der Waals surface area contributed by atoms with Crippen molar-refractivity contribution >= 4 is 11.8 Å². The molecule has 0 saturated carbocycles. The lowest BCUT2D eigenvalue weighted by Gasteiger charge is -2.29. The zero-order chi connectivity index (χ0) is 10.8. The molecular formula is C10H16N2O3. The van der Waals surface area contributed by atoms with Crippen LogP contribution in [0.25, 0.3) is 0 Å². The Bertz CT molecular complexity index is 258. The standard InChI is InChI=1S/C10H16N2O3/c1-11-5-2-6-12-9(13)7-3-4-8(15-7)10(12)14/h7-8,11H,2-6H2,1H3. The molecule has 0 aromatic heterocycles. The molecule has 2 aliphatic heterocycles. The smallest absolute Gasteiger partial charge is 0.258 e. The molecule has 2 bridgehead atoms. The van der Waals surface area contributed by atoms with E-state index in [-0.39, 0.29) is 24.0 Å². The fraction of sp³-hybridized carbons (Fsp3) is 0.800. The highest BCUT2D eigenvalue weighted by molar-refractivity contribution is 6.02. The van der Waals surface area contributed by atoms with Gasteiger partial charge in [-0.05, 0) is 32.9 Å². The van der Waals surface area contributed by atoms with Crippen molar-refractivity contribution in [2.24, 2.45) is 0 Å². The van der Waals surface area contributed by atoms with Crippen LogP contribution in [-0.4, -0.2) is 49.1 Å². The van der Waals surface area contributed by atoms with Gasteiger partial charge in [0.1, 0.15) is 12.2 Å². The number of carbonyl (C=O) groups excluding carboxylic acids is 2. The van der Waals surface area contributed by atoms with E-state index in [1.54, 1.807) is 0 Å². The van der Waals surface area contributed by atoms with Crippen LogP contribution >= 0.6 is 0 Å². The van der Waals surface area contributed by atoms with E-state index in [1.165, 1.54) is 4.90 Å². The largest absolute Gasteiger partial charge is 0.355 e. The molecule has 0 spiro atoms. The van der Waals surface area contributed by atoms with E-state index >= 15 is 0 Å². The van der Waals surface area contributed by atoms with Crippen LogP contribution in [0.4, 0.5) is 0 Å². The quantitative estimate of drug-likeness (QED) is 0.505. The lowest BCUT2D eigenvalue weighted by molar-refractivity contribution is -0.168. The normalized spacial score (nSPS) is 30.1. The van der Waals surface area contributed by atoms with E-state index in [2.05, 4.69) is 5.32 Å². The first-order chi connectivity index (χ1) is 7.24. The van der Waals surface area contributed by atoms with Gasteiger partial charge in [-0.25, -0.2) is 0 Å². The number of hydrogen-bond acceptors (Lipinski definition) is 4. The number of amides is 2. The van der Waals surface area contributed by atoms with Crippen molar-refractivity contribution in [2.75, 3.05) is 20.1 Å². The summed E-state index contributed by atoms with van der Waals surface area (Å²) in [7, 11) is 1.85. The van der Waals surface area contributed by atoms with E-state index in [4.69, 9.17) is 4.74 Å². The fourth-order valence-corrected chi connectivity index (χ4v) is 2.09. The number of morpholine rings is 1. The van der Waals surface area contributed by atoms with Crippen LogP contribution in [0.3, 0.4) is 0 Å². The summed E-state index contributed by atoms with van der Waals surface area (Å²) in [5.74, 6) is -0.297. The third kappa shape index (κ3) is 1.89. The van der Waals surface area contributed by atoms with E-state index in [9.17, 15) is 9.59 Å². The first-order valence-electron chi connectivity index (χ1n) is 5.39. The van der Waals surface area contributed by atoms with Gasteiger partial charge in [-0.15, -0.1) is 0 Å². The van der Waals surface area contributed by atoms with Crippen molar-refractivity contribution in [3.8, 4) is 0 Å². The number of ether oxygens (including phenoxy) is 1. The van der Waals surface area contributed by atoms with Gasteiger partial charge in [0.2, 0.25) is 0 Å². The van der Waals surface area contributed by atoms with Gasteiger partial charge in [0.15, 0.2) is 0 Å². The molecule has 1 N–H and O–H groups in total. The molecule has 2 aliphatic rings. The maximum Gasteiger partial charge on any atom is 0.258 e. The molecular weight excluding hydrogens is 196 g/mol. The summed E-state index contributed by atoms with van der Waals surface area (Å²) >= 11 is 0. The van der Waals surface area contributed by atoms with Crippen LogP contribution < -0.4 is 5.32 Å². The lowest BCUT2D eigenvalue weighted by Crippen LogP contribution is -2.52. The first-order valence-corrected chi connectivity index (χ1v) is 5.39. The van der Waals surface area contributed by atoms with Gasteiger partial charge in [-0.3, -0.25) is 14.5 Å². The van der Waals surface area contributed by atoms with Crippen molar-refractivity contribution in [3.63, 3.8) is 0 Å². The van der Waals surface area contributed by atoms with Crippen molar-refractivity contribution in [2.45, 2.75) is 31.5 Å². The Hall–Kier alpha value is -0.940. The minimum Gasteiger partial charge on any atom is -0.355 e. The minimum absolute atomic E-state index is 0.148. The molecule has 5 heteroatoms. The lowest BCUT2D eigenvalue weighted by atomic mass is 10.2. The molecule has 2 fully saturated rings. The summed E-state index contributed by atoms with van der Waals surface area (Å²) < 4.78 is 5.30. The van der Waals surface area contributed by atoms with E-state index in [0.717, 1.165) is 13.0 Å². The summed E-state index contributed by atoms with van der Waals surface area (Å²) in [6, 6.07) is 0. The Morgan fingerprint density at radius 3 is 2.47 bits per heavy atom. The van der Waals surface area contributed by atoms with Crippen LogP contribution in [-0.2, 0) is 14.3 Å². The van der Waals surface area contributed by atoms with Gasteiger partial charge in [0, 0.05) is 6.54 Å². The monoisotopic (exact) mass is 212 g/mol. The predicted molar refractivity (Wildman–Crippen MR) is 53.2 cm³/mol. The van der Waals surface area contributed by atoms with Gasteiger partial charge < -0.3 is 10.1 Å². The van der Waals surface area contributed by atoms with Crippen LogP contribution in [0.2, 0.25) is 0 Å². The maximum atomic E-state index is 11.7. The van der Waals surface area contributed by atoms with Crippen LogP contribution in [0.15, 0.2) is 0 Å². The number of rotatable bonds is 4. The molecule has 84 valence electrons. The molecule has 0 aromatic carbocycles. The summed E-state index contributed by atoms with van der Waals surface area (Å²) in [4.78, 5) is 24.9. The van der Waals surface area contributed by atoms with Crippen LogP contribution in [0.1, 0.15) is 19.3 Å². The predicted octanol–water partition coefficient (Wildman–Crippen LogP) is -0.488. The van der Waals surface area contributed by atoms with Crippen LogP contribution in [0, 0.1) is 0 Å². The van der Waals surface area contributed by atoms with Crippen molar-refractivity contribution < 1.29 is 14.3 Å². The van der Waals surface area contributed by atoms with Gasteiger partial charge in [-0.1, -0.05) is 0 Å². The zero-order valence-corrected chi connectivity index (χ0v) is 8.86. The Labute approximate surface area is 88.8 Å². The summed E-state index contributed by atoms with van der Waals surface area (Å²) in [6.07, 6.45) is 1.47. The molecule has 2 rings (SSSR count). The van der Waals surface area contributed by atoms with Crippen molar-refractivity contribution in [3.05, 3.63) is 0 Å². The van der Waals surface area contributed by atoms with E-state index in [0.29, 0.717) is 19.4 Å². The number of nitrogens with zero attached hydrogens (tertiary/aromatic N) is 1. The van der Waals surface area contributed by atoms with Gasteiger partial charge in [0.05, 0.1) is 0 Å². The number of imide groups is 1. The molecule has 0 radical (unpaired) electrons. The second kappa shape index (κ2) is 4.28. The second-order valence-corrected chi connectivity index (χ2v) is 3.98. The van der Waals surface area contributed by atoms with Gasteiger partial charge in [-0.2, -0.15) is 0 Å². The molecule has 2 atom stereocenters. The number of likely N-dealkylation sites (tertiary alicyclic amines) is 1. The highest BCUT2D eigenvalue weighted by atomic mass is 16.5. The fourth-order valence-electron chi connectivity index (χ4n) is 2.09. The highest BCUT2D eigenvalue weighted by Gasteiger charge is 2.45. The Morgan fingerprint density at radius 1 is 1.33 bits per heavy atom. The van der Waals surface area contributed by atoms with E-state index < -0.39 is 0 Å². The topological polar surface area (TPSA) is 58.6 Å². The first kappa shape index (κ1) is 10.6. The molecule has 2 amide bonds. The summed E-state index contributed by atoms with van der Waals surface area (Å²) in [6.45, 7) is 1.32. The molecule has 0 aliphatic carbocycles. The third-order valence-electron chi connectivity index (χ3n) is 2.91. The third-order valence-corrected chi connectivity index (χ3v) is 2.91. The molecule has 2 saturated heterocycles. The SMILES string of the molecule is CNCCCN1C(=O)C2CCC(O2)C1=O. The minimum atomic E-state index is -0.359. The summed E-state index contributed by atoms with van der Waals surface area (Å²) in [5.41, 5.74) is 0. The highest BCUT2D eigenvalue weighted by Crippen LogP contribution is 2.28. The Morgan fingerprint density at radius 2 is 1.93 bits per heavy atom. The Balaban J connectivity index is 1.97. The number of fused-ring (bicyclic) bond motifs is 2. The van der Waals surface area contributed by atoms with Gasteiger partial charge >= 0.3 is 0 Å². The number of nitrogens with one attached hydrogen (secondary N) is 1. The summed E-state index contributed by atoms with van der Waals surface area (Å²) in [5, 5.41) is 2.99. The van der Waals surface area contributed by atoms with E-state index in [1.807, 2.05) is 7.05 Å². The molecule has 0 aromatic rings. The maximum absolute atomic E-state index is 11.7. The van der Waals surface area contributed by atoms with Crippen LogP contribution in [0.5, 0.6) is 0 Å². The second-order valence-electron chi connectivity index (χ2n) is 3.98. The van der Waals surface area contributed by atoms with Crippen molar-refractivity contribution in [1.82, 2.24) is 10.2 Å². The van der Waals surface area contributed by atoms with Crippen molar-refractivity contribution in [1.29, 1.82) is 0 Å². The molecule has 2 heterocycles.